The summed E-state index contributed by atoms with van der Waals surface area (Å²) in [7, 11) is 0. The first-order chi connectivity index (χ1) is 13.1. The van der Waals surface area contributed by atoms with E-state index in [2.05, 4.69) is 6.92 Å². The molecule has 142 valence electrons. The summed E-state index contributed by atoms with van der Waals surface area (Å²) < 4.78 is 10.3. The smallest absolute Gasteiger partial charge is 0.329 e. The average Bonchev–Trinajstić information content (AvgIpc) is 3.38. The molecule has 1 aromatic heterocycles. The van der Waals surface area contributed by atoms with E-state index < -0.39 is 12.0 Å². The van der Waals surface area contributed by atoms with Gasteiger partial charge in [0.2, 0.25) is 0 Å². The molecule has 1 aromatic carbocycles. The second kappa shape index (κ2) is 8.66. The molecule has 0 radical (unpaired) electrons. The zero-order valence-corrected chi connectivity index (χ0v) is 15.3. The maximum atomic E-state index is 12.4. The van der Waals surface area contributed by atoms with Crippen molar-refractivity contribution in [1.82, 2.24) is 4.90 Å². The Morgan fingerprint density at radius 3 is 2.63 bits per heavy atom. The maximum Gasteiger partial charge on any atom is 0.329 e. The number of hydrogen-bond acceptors (Lipinski definition) is 5. The van der Waals surface area contributed by atoms with Gasteiger partial charge in [0.1, 0.15) is 6.04 Å². The summed E-state index contributed by atoms with van der Waals surface area (Å²) in [6.45, 7) is 2.23. The molecular formula is C21H23NO5. The van der Waals surface area contributed by atoms with Crippen LogP contribution in [-0.4, -0.2) is 41.8 Å². The van der Waals surface area contributed by atoms with Gasteiger partial charge in [0.25, 0.3) is 5.91 Å². The number of ether oxygens (including phenoxy) is 1. The lowest BCUT2D eigenvalue weighted by molar-refractivity contribution is -0.147. The van der Waals surface area contributed by atoms with Crippen LogP contribution in [0, 0.1) is 0 Å². The highest BCUT2D eigenvalue weighted by atomic mass is 16.5. The van der Waals surface area contributed by atoms with Crippen LogP contribution in [-0.2, 0) is 16.0 Å². The van der Waals surface area contributed by atoms with Gasteiger partial charge >= 0.3 is 5.97 Å². The highest BCUT2D eigenvalue weighted by Crippen LogP contribution is 2.21. The number of hydrogen-bond donors (Lipinski definition) is 0. The first-order valence-corrected chi connectivity index (χ1v) is 9.23. The normalized spacial score (nSPS) is 16.3. The fourth-order valence-electron chi connectivity index (χ4n) is 3.26. The number of nitrogens with zero attached hydrogens (tertiary/aromatic N) is 1. The topological polar surface area (TPSA) is 76.8 Å². The number of Topliss-reactive ketones (excluding diaryl/α,β-unsaturated/α-hetero) is 1. The van der Waals surface area contributed by atoms with Crippen molar-refractivity contribution in [3.8, 4) is 0 Å². The lowest BCUT2D eigenvalue weighted by Crippen LogP contribution is -2.41. The molecule has 6 heteroatoms. The predicted octanol–water partition coefficient (Wildman–Crippen LogP) is 3.26. The molecule has 0 aliphatic carbocycles. The van der Waals surface area contributed by atoms with E-state index in [1.54, 1.807) is 24.3 Å². The number of carbonyl (C=O) groups excluding carboxylic acids is 3. The van der Waals surface area contributed by atoms with Crippen LogP contribution in [0.1, 0.15) is 52.7 Å². The molecule has 0 N–H and O–H groups in total. The van der Waals surface area contributed by atoms with Crippen LogP contribution in [0.3, 0.4) is 0 Å². The van der Waals surface area contributed by atoms with E-state index in [1.165, 1.54) is 16.7 Å². The Morgan fingerprint density at radius 2 is 1.96 bits per heavy atom. The van der Waals surface area contributed by atoms with Crippen molar-refractivity contribution in [3.05, 3.63) is 59.5 Å². The summed E-state index contributed by atoms with van der Waals surface area (Å²) in [5.74, 6) is -0.952. The Kier molecular flexibility index (Phi) is 6.06. The van der Waals surface area contributed by atoms with E-state index in [4.69, 9.17) is 9.15 Å². The molecule has 0 bridgehead atoms. The minimum atomic E-state index is -0.678. The zero-order chi connectivity index (χ0) is 19.2. The third-order valence-electron chi connectivity index (χ3n) is 4.68. The summed E-state index contributed by atoms with van der Waals surface area (Å²) in [4.78, 5) is 38.5. The van der Waals surface area contributed by atoms with E-state index >= 15 is 0 Å². The first-order valence-electron chi connectivity index (χ1n) is 9.23. The van der Waals surface area contributed by atoms with Gasteiger partial charge in [0, 0.05) is 12.1 Å². The predicted molar refractivity (Wildman–Crippen MR) is 98.5 cm³/mol. The van der Waals surface area contributed by atoms with Gasteiger partial charge in [-0.05, 0) is 37.0 Å². The Hall–Kier alpha value is -2.89. The molecule has 1 aliphatic rings. The quantitative estimate of drug-likeness (QED) is 0.553. The fraction of sp³-hybridized carbons (Fsp3) is 0.381. The molecule has 0 spiro atoms. The number of carbonyl (C=O) groups is 3. The lowest BCUT2D eigenvalue weighted by atomic mass is 10.1. The molecule has 1 unspecified atom stereocenters. The maximum absolute atomic E-state index is 12.4. The van der Waals surface area contributed by atoms with Gasteiger partial charge in [0.05, 0.1) is 6.26 Å². The second-order valence-electron chi connectivity index (χ2n) is 6.61. The van der Waals surface area contributed by atoms with Crippen LogP contribution >= 0.6 is 0 Å². The number of esters is 1. The van der Waals surface area contributed by atoms with Crippen molar-refractivity contribution >= 4 is 17.7 Å². The summed E-state index contributed by atoms with van der Waals surface area (Å²) in [6.07, 6.45) is 4.65. The number of likely N-dealkylation sites (tertiary alicyclic amines) is 1. The van der Waals surface area contributed by atoms with E-state index in [0.29, 0.717) is 24.9 Å². The Balaban J connectivity index is 1.56. The highest BCUT2D eigenvalue weighted by Gasteiger charge is 2.36. The summed E-state index contributed by atoms with van der Waals surface area (Å²) in [5, 5.41) is 0. The van der Waals surface area contributed by atoms with Gasteiger partial charge in [-0.1, -0.05) is 37.6 Å². The van der Waals surface area contributed by atoms with Crippen molar-refractivity contribution < 1.29 is 23.5 Å². The van der Waals surface area contributed by atoms with Crippen LogP contribution in [0.2, 0.25) is 0 Å². The van der Waals surface area contributed by atoms with Gasteiger partial charge < -0.3 is 14.1 Å². The lowest BCUT2D eigenvalue weighted by Gasteiger charge is -2.22. The first kappa shape index (κ1) is 18.9. The van der Waals surface area contributed by atoms with E-state index in [0.717, 1.165) is 12.8 Å². The van der Waals surface area contributed by atoms with Gasteiger partial charge in [-0.2, -0.15) is 0 Å². The molecule has 2 heterocycles. The van der Waals surface area contributed by atoms with Crippen LogP contribution in [0.15, 0.2) is 47.1 Å². The van der Waals surface area contributed by atoms with Crippen molar-refractivity contribution in [3.63, 3.8) is 0 Å². The number of aryl methyl sites for hydroxylation is 1. The van der Waals surface area contributed by atoms with E-state index in [9.17, 15) is 14.4 Å². The number of ketones is 1. The van der Waals surface area contributed by atoms with E-state index in [-0.39, 0.29) is 24.1 Å². The molecule has 3 rings (SSSR count). The van der Waals surface area contributed by atoms with Crippen LogP contribution in [0.5, 0.6) is 0 Å². The van der Waals surface area contributed by atoms with Gasteiger partial charge in [-0.15, -0.1) is 0 Å². The Bertz CT molecular complexity index is 794. The minimum absolute atomic E-state index is 0.193. The van der Waals surface area contributed by atoms with Crippen molar-refractivity contribution in [2.75, 3.05) is 13.2 Å². The van der Waals surface area contributed by atoms with E-state index in [1.807, 2.05) is 12.1 Å². The molecule has 1 amide bonds. The Morgan fingerprint density at radius 1 is 1.19 bits per heavy atom. The van der Waals surface area contributed by atoms with Crippen molar-refractivity contribution in [2.45, 2.75) is 38.6 Å². The standard InChI is InChI=1S/C21H23NO5/c1-2-5-15-8-10-16(11-9-15)18(23)14-27-21(25)17-6-3-12-22(17)20(24)19-7-4-13-26-19/h4,7-11,13,17H,2-3,5-6,12,14H2,1H3. The zero-order valence-electron chi connectivity index (χ0n) is 15.3. The third kappa shape index (κ3) is 4.45. The summed E-state index contributed by atoms with van der Waals surface area (Å²) in [6, 6.07) is 9.85. The van der Waals surface area contributed by atoms with Crippen LogP contribution in [0.25, 0.3) is 0 Å². The average molecular weight is 369 g/mol. The van der Waals surface area contributed by atoms with Gasteiger partial charge in [0.15, 0.2) is 18.2 Å². The van der Waals surface area contributed by atoms with Crippen LogP contribution < -0.4 is 0 Å². The van der Waals surface area contributed by atoms with Crippen LogP contribution in [0.4, 0.5) is 0 Å². The second-order valence-corrected chi connectivity index (χ2v) is 6.61. The Labute approximate surface area is 158 Å². The SMILES string of the molecule is CCCc1ccc(C(=O)COC(=O)C2CCCN2C(=O)c2ccco2)cc1. The molecule has 1 fully saturated rings. The van der Waals surface area contributed by atoms with Crippen molar-refractivity contribution in [2.24, 2.45) is 0 Å². The number of furan rings is 1. The van der Waals surface area contributed by atoms with Gasteiger partial charge in [-0.3, -0.25) is 9.59 Å². The molecule has 1 aliphatic heterocycles. The largest absolute Gasteiger partial charge is 0.459 e. The highest BCUT2D eigenvalue weighted by molar-refractivity contribution is 5.99. The fourth-order valence-corrected chi connectivity index (χ4v) is 3.26. The molecule has 1 atom stereocenters. The molecule has 0 saturated carbocycles. The molecular weight excluding hydrogens is 346 g/mol. The number of amides is 1. The summed E-state index contributed by atoms with van der Waals surface area (Å²) in [5.41, 5.74) is 1.68. The minimum Gasteiger partial charge on any atom is -0.459 e. The summed E-state index contributed by atoms with van der Waals surface area (Å²) >= 11 is 0. The van der Waals surface area contributed by atoms with Crippen molar-refractivity contribution in [1.29, 1.82) is 0 Å². The number of benzene rings is 1. The molecule has 6 nitrogen and oxygen atoms in total. The molecule has 27 heavy (non-hydrogen) atoms. The molecule has 1 saturated heterocycles. The van der Waals surface area contributed by atoms with Gasteiger partial charge in [-0.25, -0.2) is 4.79 Å². The molecule has 2 aromatic rings. The third-order valence-corrected chi connectivity index (χ3v) is 4.68. The monoisotopic (exact) mass is 369 g/mol. The number of rotatable bonds is 7.